The lowest BCUT2D eigenvalue weighted by molar-refractivity contribution is -0.141. The number of H-pyrrole nitrogens is 1. The maximum atomic E-state index is 13.0. The monoisotopic (exact) mass is 382 g/mol. The Labute approximate surface area is 162 Å². The molecule has 0 saturated heterocycles. The molecule has 1 aliphatic rings. The minimum atomic E-state index is -0.846. The highest BCUT2D eigenvalue weighted by molar-refractivity contribution is 6.35. The predicted octanol–water partition coefficient (Wildman–Crippen LogP) is 3.06. The van der Waals surface area contributed by atoms with E-state index in [1.807, 2.05) is 38.1 Å². The van der Waals surface area contributed by atoms with Crippen LogP contribution in [0.2, 0.25) is 0 Å². The highest BCUT2D eigenvalue weighted by atomic mass is 16.5. The fourth-order valence-electron chi connectivity index (χ4n) is 3.44. The van der Waals surface area contributed by atoms with Gasteiger partial charge in [-0.25, -0.2) is 0 Å². The number of aromatic amines is 1. The van der Waals surface area contributed by atoms with E-state index in [0.29, 0.717) is 17.7 Å². The highest BCUT2D eigenvalue weighted by Crippen LogP contribution is 2.38. The van der Waals surface area contributed by atoms with Crippen molar-refractivity contribution < 1.29 is 24.2 Å². The number of aryl methyl sites for hydroxylation is 1. The first-order valence-electron chi connectivity index (χ1n) is 8.95. The first kappa shape index (κ1) is 19.4. The lowest BCUT2D eigenvalue weighted by Crippen LogP contribution is -2.30. The third-order valence-corrected chi connectivity index (χ3v) is 4.87. The number of aromatic nitrogens is 1. The Hall–Kier alpha value is -3.35. The number of anilines is 1. The van der Waals surface area contributed by atoms with Crippen molar-refractivity contribution in [3.63, 3.8) is 0 Å². The Bertz CT molecular complexity index is 987. The third-order valence-electron chi connectivity index (χ3n) is 4.87. The van der Waals surface area contributed by atoms with Gasteiger partial charge < -0.3 is 14.8 Å². The summed E-state index contributed by atoms with van der Waals surface area (Å²) in [6.07, 6.45) is 2.25. The second-order valence-corrected chi connectivity index (χ2v) is 6.73. The number of carboxylic acids is 1. The summed E-state index contributed by atoms with van der Waals surface area (Å²) in [5, 5.41) is 8.95. The van der Waals surface area contributed by atoms with E-state index in [9.17, 15) is 14.4 Å². The molecule has 1 aromatic carbocycles. The van der Waals surface area contributed by atoms with E-state index in [1.165, 1.54) is 11.8 Å². The molecular weight excluding hydrogens is 360 g/mol. The lowest BCUT2D eigenvalue weighted by Gasteiger charge is -2.16. The summed E-state index contributed by atoms with van der Waals surface area (Å²) < 4.78 is 5.03. The summed E-state index contributed by atoms with van der Waals surface area (Å²) in [6, 6.07) is 7.33. The van der Waals surface area contributed by atoms with Gasteiger partial charge >= 0.3 is 11.9 Å². The van der Waals surface area contributed by atoms with Crippen molar-refractivity contribution in [2.24, 2.45) is 0 Å². The van der Waals surface area contributed by atoms with Gasteiger partial charge in [-0.3, -0.25) is 19.3 Å². The summed E-state index contributed by atoms with van der Waals surface area (Å²) in [5.41, 5.74) is 5.48. The van der Waals surface area contributed by atoms with Crippen molar-refractivity contribution in [3.8, 4) is 0 Å². The fourth-order valence-corrected chi connectivity index (χ4v) is 3.44. The maximum Gasteiger partial charge on any atom is 0.304 e. The Morgan fingerprint density at radius 1 is 1.25 bits per heavy atom. The standard InChI is InChI=1S/C21H22N2O5/c1-12-15(8-9-20(25)26)13(2)22-18(12)10-17-16-6-4-5-7-19(16)23(21(17)27)11-28-14(3)24/h4-7,10,22H,8-9,11H2,1-3H3,(H,25,26)/b17-10-. The zero-order chi connectivity index (χ0) is 20.4. The Kier molecular flexibility index (Phi) is 5.35. The van der Waals surface area contributed by atoms with Crippen LogP contribution in [0.3, 0.4) is 0 Å². The molecule has 2 N–H and O–H groups in total. The van der Waals surface area contributed by atoms with Crippen LogP contribution in [0.5, 0.6) is 0 Å². The smallest absolute Gasteiger partial charge is 0.304 e. The van der Waals surface area contributed by atoms with Crippen LogP contribution in [-0.2, 0) is 25.5 Å². The van der Waals surface area contributed by atoms with Gasteiger partial charge in [-0.15, -0.1) is 0 Å². The molecule has 7 nitrogen and oxygen atoms in total. The maximum absolute atomic E-state index is 13.0. The van der Waals surface area contributed by atoms with Gasteiger partial charge in [0, 0.05) is 30.3 Å². The summed E-state index contributed by atoms with van der Waals surface area (Å²) in [4.78, 5) is 39.7. The van der Waals surface area contributed by atoms with Gasteiger partial charge in [0.05, 0.1) is 11.3 Å². The van der Waals surface area contributed by atoms with E-state index in [2.05, 4.69) is 4.98 Å². The van der Waals surface area contributed by atoms with E-state index in [4.69, 9.17) is 9.84 Å². The number of nitrogens with one attached hydrogen (secondary N) is 1. The molecule has 7 heteroatoms. The number of nitrogens with zero attached hydrogens (tertiary/aromatic N) is 1. The molecule has 2 aromatic rings. The van der Waals surface area contributed by atoms with Crippen LogP contribution in [-0.4, -0.2) is 34.7 Å². The molecule has 146 valence electrons. The van der Waals surface area contributed by atoms with Crippen molar-refractivity contribution in [1.82, 2.24) is 4.98 Å². The number of hydrogen-bond acceptors (Lipinski definition) is 4. The van der Waals surface area contributed by atoms with E-state index in [1.54, 1.807) is 6.08 Å². The number of hydrogen-bond donors (Lipinski definition) is 2. The molecule has 0 fully saturated rings. The average Bonchev–Trinajstić information content (AvgIpc) is 3.05. The van der Waals surface area contributed by atoms with Gasteiger partial charge in [-0.05, 0) is 43.5 Å². The summed E-state index contributed by atoms with van der Waals surface area (Å²) in [5.74, 6) is -1.55. The van der Waals surface area contributed by atoms with Crippen LogP contribution < -0.4 is 4.90 Å². The minimum absolute atomic E-state index is 0.0491. The molecule has 1 aromatic heterocycles. The number of fused-ring (bicyclic) bond motifs is 1. The van der Waals surface area contributed by atoms with Gasteiger partial charge in [0.2, 0.25) is 0 Å². The molecule has 0 radical (unpaired) electrons. The van der Waals surface area contributed by atoms with E-state index in [0.717, 1.165) is 28.1 Å². The number of carbonyl (C=O) groups excluding carboxylic acids is 2. The van der Waals surface area contributed by atoms with E-state index >= 15 is 0 Å². The average molecular weight is 382 g/mol. The van der Waals surface area contributed by atoms with Crippen LogP contribution >= 0.6 is 0 Å². The summed E-state index contributed by atoms with van der Waals surface area (Å²) in [6.45, 7) is 4.96. The lowest BCUT2D eigenvalue weighted by atomic mass is 10.0. The first-order valence-corrected chi connectivity index (χ1v) is 8.95. The van der Waals surface area contributed by atoms with E-state index < -0.39 is 11.9 Å². The highest BCUT2D eigenvalue weighted by Gasteiger charge is 2.33. The molecule has 28 heavy (non-hydrogen) atoms. The normalized spacial score (nSPS) is 14.5. The van der Waals surface area contributed by atoms with Crippen molar-refractivity contribution in [3.05, 3.63) is 52.3 Å². The molecule has 2 heterocycles. The zero-order valence-electron chi connectivity index (χ0n) is 16.0. The van der Waals surface area contributed by atoms with Crippen LogP contribution in [0.4, 0.5) is 5.69 Å². The zero-order valence-corrected chi connectivity index (χ0v) is 16.0. The van der Waals surface area contributed by atoms with Gasteiger partial charge in [-0.1, -0.05) is 18.2 Å². The third kappa shape index (κ3) is 3.69. The number of benzene rings is 1. The molecule has 0 atom stereocenters. The SMILES string of the molecule is CC(=O)OCN1C(=O)/C(=C\c2[nH]c(C)c(CCC(=O)O)c2C)c2ccccc21. The number of rotatable bonds is 6. The first-order chi connectivity index (χ1) is 13.3. The van der Waals surface area contributed by atoms with Gasteiger partial charge in [-0.2, -0.15) is 0 Å². The van der Waals surface area contributed by atoms with Crippen LogP contribution in [0.25, 0.3) is 11.6 Å². The molecule has 1 aliphatic heterocycles. The Balaban J connectivity index is 1.98. The molecule has 0 bridgehead atoms. The number of amides is 1. The van der Waals surface area contributed by atoms with Crippen molar-refractivity contribution in [1.29, 1.82) is 0 Å². The number of carbonyl (C=O) groups is 3. The Morgan fingerprint density at radius 3 is 2.64 bits per heavy atom. The molecule has 3 rings (SSSR count). The summed E-state index contributed by atoms with van der Waals surface area (Å²) in [7, 11) is 0. The molecule has 0 aliphatic carbocycles. The van der Waals surface area contributed by atoms with Crippen molar-refractivity contribution >= 4 is 35.2 Å². The quantitative estimate of drug-likeness (QED) is 0.591. The molecule has 0 saturated carbocycles. The minimum Gasteiger partial charge on any atom is -0.481 e. The van der Waals surface area contributed by atoms with Gasteiger partial charge in [0.25, 0.3) is 5.91 Å². The molecule has 0 spiro atoms. The van der Waals surface area contributed by atoms with Gasteiger partial charge in [0.1, 0.15) is 0 Å². The second-order valence-electron chi connectivity index (χ2n) is 6.73. The van der Waals surface area contributed by atoms with Crippen LogP contribution in [0.1, 0.15) is 41.4 Å². The van der Waals surface area contributed by atoms with Crippen LogP contribution in [0, 0.1) is 13.8 Å². The van der Waals surface area contributed by atoms with E-state index in [-0.39, 0.29) is 19.1 Å². The molecule has 1 amide bonds. The largest absolute Gasteiger partial charge is 0.481 e. The predicted molar refractivity (Wildman–Crippen MR) is 105 cm³/mol. The number of carboxylic acid groups (broad SMARTS) is 1. The molecular formula is C21H22N2O5. The fraction of sp³-hybridized carbons (Fsp3) is 0.286. The van der Waals surface area contributed by atoms with Crippen molar-refractivity contribution in [2.45, 2.75) is 33.6 Å². The summed E-state index contributed by atoms with van der Waals surface area (Å²) >= 11 is 0. The molecule has 0 unspecified atom stereocenters. The number of para-hydroxylation sites is 1. The number of ether oxygens (including phenoxy) is 1. The topological polar surface area (TPSA) is 99.7 Å². The Morgan fingerprint density at radius 2 is 1.96 bits per heavy atom. The van der Waals surface area contributed by atoms with Crippen molar-refractivity contribution in [2.75, 3.05) is 11.6 Å². The van der Waals surface area contributed by atoms with Crippen LogP contribution in [0.15, 0.2) is 24.3 Å². The van der Waals surface area contributed by atoms with Gasteiger partial charge in [0.15, 0.2) is 6.73 Å². The number of aliphatic carboxylic acids is 1. The second kappa shape index (κ2) is 7.72. The number of esters is 1.